The molecule has 7 nitrogen and oxygen atoms in total. The van der Waals surface area contributed by atoms with E-state index >= 15 is 0 Å². The molecule has 7 heteroatoms. The van der Waals surface area contributed by atoms with E-state index in [2.05, 4.69) is 32.6 Å². The summed E-state index contributed by atoms with van der Waals surface area (Å²) in [6, 6.07) is 0.372. The number of aromatic nitrogens is 3. The van der Waals surface area contributed by atoms with Crippen LogP contribution >= 0.6 is 0 Å². The highest BCUT2D eigenvalue weighted by atomic mass is 16.5. The average molecular weight is 394 g/mol. The molecule has 2 aromatic heterocycles. The molecule has 2 N–H and O–H groups in total. The lowest BCUT2D eigenvalue weighted by Gasteiger charge is -2.58. The molecule has 0 spiro atoms. The van der Waals surface area contributed by atoms with Gasteiger partial charge in [-0.1, -0.05) is 17.3 Å². The van der Waals surface area contributed by atoms with Crippen LogP contribution in [-0.2, 0) is 17.8 Å². The summed E-state index contributed by atoms with van der Waals surface area (Å²) in [5.41, 5.74) is 3.71. The summed E-state index contributed by atoms with van der Waals surface area (Å²) in [7, 11) is 1.61. The first-order chi connectivity index (χ1) is 14.1. The second-order valence-corrected chi connectivity index (χ2v) is 9.32. The Labute approximate surface area is 169 Å². The lowest BCUT2D eigenvalue weighted by atomic mass is 9.52. The first-order valence-electron chi connectivity index (χ1n) is 10.6. The van der Waals surface area contributed by atoms with Gasteiger partial charge in [-0.05, 0) is 49.9 Å². The topological polar surface area (TPSA) is 93.3 Å². The van der Waals surface area contributed by atoms with E-state index in [0.717, 1.165) is 48.2 Å². The van der Waals surface area contributed by atoms with Gasteiger partial charge in [-0.25, -0.2) is 0 Å². The maximum atomic E-state index is 10.9. The minimum atomic E-state index is -0.430. The summed E-state index contributed by atoms with van der Waals surface area (Å²) in [6.07, 6.45) is 12.3. The summed E-state index contributed by atoms with van der Waals surface area (Å²) < 4.78 is 10.5. The zero-order valence-corrected chi connectivity index (χ0v) is 16.6. The fraction of sp³-hybridized carbons (Fsp3) is 0.591. The first kappa shape index (κ1) is 17.6. The van der Waals surface area contributed by atoms with E-state index in [1.54, 1.807) is 7.11 Å². The van der Waals surface area contributed by atoms with Crippen molar-refractivity contribution in [3.63, 3.8) is 0 Å². The molecule has 0 saturated heterocycles. The molecular formula is C22H26N4O3. The van der Waals surface area contributed by atoms with E-state index in [-0.39, 0.29) is 0 Å². The molecule has 3 unspecified atom stereocenters. The SMILES string of the molecule is COCc1nc(-c2cnc3c(c2NC2[C@@H]4CC5C[C@H]2CC(O)(C5)C4)C=CC3)no1. The van der Waals surface area contributed by atoms with Gasteiger partial charge in [-0.2, -0.15) is 4.98 Å². The smallest absolute Gasteiger partial charge is 0.252 e. The second-order valence-electron chi connectivity index (χ2n) is 9.32. The molecule has 4 bridgehead atoms. The van der Waals surface area contributed by atoms with Gasteiger partial charge in [0.2, 0.25) is 5.82 Å². The Balaban J connectivity index is 1.38. The largest absolute Gasteiger partial charge is 0.390 e. The number of hydrogen-bond acceptors (Lipinski definition) is 7. The van der Waals surface area contributed by atoms with Crippen LogP contribution in [0.5, 0.6) is 0 Å². The first-order valence-corrected chi connectivity index (χ1v) is 10.6. The highest BCUT2D eigenvalue weighted by Gasteiger charge is 2.54. The van der Waals surface area contributed by atoms with Crippen molar-refractivity contribution in [2.24, 2.45) is 17.8 Å². The number of pyridine rings is 1. The fourth-order valence-corrected chi connectivity index (χ4v) is 6.45. The molecule has 29 heavy (non-hydrogen) atoms. The molecule has 0 radical (unpaired) electrons. The predicted molar refractivity (Wildman–Crippen MR) is 107 cm³/mol. The van der Waals surface area contributed by atoms with Crippen molar-refractivity contribution in [1.82, 2.24) is 15.1 Å². The maximum Gasteiger partial charge on any atom is 0.252 e. The number of fused-ring (bicyclic) bond motifs is 1. The molecule has 152 valence electrons. The van der Waals surface area contributed by atoms with Gasteiger partial charge in [0.25, 0.3) is 5.89 Å². The van der Waals surface area contributed by atoms with Crippen molar-refractivity contribution in [3.8, 4) is 11.4 Å². The Morgan fingerprint density at radius 1 is 1.28 bits per heavy atom. The lowest BCUT2D eigenvalue weighted by Crippen LogP contribution is -2.59. The van der Waals surface area contributed by atoms with Crippen molar-refractivity contribution in [2.45, 2.75) is 56.8 Å². The quantitative estimate of drug-likeness (QED) is 0.804. The third-order valence-corrected chi connectivity index (χ3v) is 7.32. The second kappa shape index (κ2) is 6.37. The maximum absolute atomic E-state index is 10.9. The molecule has 0 amide bonds. The van der Waals surface area contributed by atoms with Gasteiger partial charge < -0.3 is 19.7 Å². The van der Waals surface area contributed by atoms with Crippen LogP contribution in [-0.4, -0.2) is 39.0 Å². The van der Waals surface area contributed by atoms with Gasteiger partial charge in [0.15, 0.2) is 0 Å². The van der Waals surface area contributed by atoms with Crippen molar-refractivity contribution in [3.05, 3.63) is 29.4 Å². The van der Waals surface area contributed by atoms with E-state index in [1.165, 1.54) is 12.8 Å². The number of nitrogens with one attached hydrogen (secondary N) is 1. The number of allylic oxidation sites excluding steroid dienone is 1. The van der Waals surface area contributed by atoms with E-state index < -0.39 is 5.60 Å². The Morgan fingerprint density at radius 3 is 2.86 bits per heavy atom. The van der Waals surface area contributed by atoms with E-state index in [4.69, 9.17) is 9.26 Å². The molecule has 5 aliphatic rings. The molecule has 0 aliphatic heterocycles. The van der Waals surface area contributed by atoms with Crippen molar-refractivity contribution >= 4 is 11.8 Å². The molecule has 7 rings (SSSR count). The molecule has 0 aromatic carbocycles. The zero-order chi connectivity index (χ0) is 19.6. The van der Waals surface area contributed by atoms with Crippen LogP contribution in [0.3, 0.4) is 0 Å². The van der Waals surface area contributed by atoms with Crippen molar-refractivity contribution in [2.75, 3.05) is 12.4 Å². The molecule has 5 aliphatic carbocycles. The predicted octanol–water partition coefficient (Wildman–Crippen LogP) is 3.20. The number of methoxy groups -OCH3 is 1. The van der Waals surface area contributed by atoms with Crippen LogP contribution < -0.4 is 5.32 Å². The molecule has 2 heterocycles. The van der Waals surface area contributed by atoms with Gasteiger partial charge in [0, 0.05) is 31.3 Å². The Kier molecular flexibility index (Phi) is 3.87. The summed E-state index contributed by atoms with van der Waals surface area (Å²) >= 11 is 0. The van der Waals surface area contributed by atoms with Gasteiger partial charge in [-0.3, -0.25) is 4.98 Å². The van der Waals surface area contributed by atoms with Crippen LogP contribution in [0.1, 0.15) is 49.3 Å². The average Bonchev–Trinajstić information content (AvgIpc) is 3.33. The highest BCUT2D eigenvalue weighted by Crippen LogP contribution is 2.56. The molecule has 2 aromatic rings. The Bertz CT molecular complexity index is 968. The van der Waals surface area contributed by atoms with E-state index in [9.17, 15) is 5.11 Å². The number of nitrogens with zero attached hydrogens (tertiary/aromatic N) is 3. The number of rotatable bonds is 5. The van der Waals surface area contributed by atoms with Gasteiger partial charge in [0.05, 0.1) is 22.5 Å². The fourth-order valence-electron chi connectivity index (χ4n) is 6.45. The Morgan fingerprint density at radius 2 is 2.10 bits per heavy atom. The minimum Gasteiger partial charge on any atom is -0.390 e. The normalized spacial score (nSPS) is 34.0. The monoisotopic (exact) mass is 394 g/mol. The third-order valence-electron chi connectivity index (χ3n) is 7.32. The summed E-state index contributed by atoms with van der Waals surface area (Å²) in [5.74, 6) is 2.72. The van der Waals surface area contributed by atoms with E-state index in [1.807, 2.05) is 6.20 Å². The third kappa shape index (κ3) is 2.82. The summed E-state index contributed by atoms with van der Waals surface area (Å²) in [6.45, 7) is 0.292. The van der Waals surface area contributed by atoms with Gasteiger partial charge >= 0.3 is 0 Å². The number of hydrogen-bond donors (Lipinski definition) is 2. The van der Waals surface area contributed by atoms with Gasteiger partial charge in [-0.15, -0.1) is 0 Å². The molecule has 4 fully saturated rings. The number of ether oxygens (including phenoxy) is 1. The van der Waals surface area contributed by atoms with E-state index in [0.29, 0.717) is 42.1 Å². The lowest BCUT2D eigenvalue weighted by molar-refractivity contribution is -0.129. The van der Waals surface area contributed by atoms with Crippen LogP contribution in [0.4, 0.5) is 5.69 Å². The zero-order valence-electron chi connectivity index (χ0n) is 16.6. The minimum absolute atomic E-state index is 0.292. The molecule has 5 atom stereocenters. The van der Waals surface area contributed by atoms with Crippen LogP contribution in [0.15, 0.2) is 16.8 Å². The van der Waals surface area contributed by atoms with Crippen LogP contribution in [0.25, 0.3) is 17.5 Å². The highest BCUT2D eigenvalue weighted by molar-refractivity contribution is 5.84. The Hall–Kier alpha value is -2.25. The number of aliphatic hydroxyl groups is 1. The van der Waals surface area contributed by atoms with Crippen molar-refractivity contribution in [1.29, 1.82) is 0 Å². The molecule has 4 saturated carbocycles. The summed E-state index contributed by atoms with van der Waals surface area (Å²) in [5, 5.41) is 19.0. The summed E-state index contributed by atoms with van der Waals surface area (Å²) in [4.78, 5) is 9.16. The van der Waals surface area contributed by atoms with Gasteiger partial charge in [0.1, 0.15) is 6.61 Å². The standard InChI is InChI=1S/C22H26N4O3/c1-28-11-18-24-21(26-29-18)16-10-23-17-4-2-3-15(17)20(16)25-19-13-5-12-6-14(19)9-22(27,7-12)8-13/h2-3,10,12-14,19,27H,4-9,11H2,1H3,(H,23,25)/t12?,13-,14+,19?,22?. The van der Waals surface area contributed by atoms with Crippen LogP contribution in [0.2, 0.25) is 0 Å². The molecular weight excluding hydrogens is 368 g/mol. The van der Waals surface area contributed by atoms with Crippen molar-refractivity contribution < 1.29 is 14.4 Å². The number of anilines is 1. The van der Waals surface area contributed by atoms with Crippen LogP contribution in [0, 0.1) is 17.8 Å².